The molecule has 4 heteroatoms. The smallest absolute Gasteiger partial charge is 0.123 e. The van der Waals surface area contributed by atoms with Crippen LogP contribution in [0.2, 0.25) is 0 Å². The molecule has 0 spiro atoms. The molecule has 3 nitrogen and oxygen atoms in total. The number of rotatable bonds is 0. The third-order valence-electron chi connectivity index (χ3n) is 3.10. The normalized spacial score (nSPS) is 33.1. The summed E-state index contributed by atoms with van der Waals surface area (Å²) in [6, 6.07) is 4.65. The van der Waals surface area contributed by atoms with Crippen LogP contribution in [0.3, 0.4) is 0 Å². The Morgan fingerprint density at radius 3 is 3.20 bits per heavy atom. The van der Waals surface area contributed by atoms with Gasteiger partial charge in [0.05, 0.1) is 24.9 Å². The van der Waals surface area contributed by atoms with Crippen molar-refractivity contribution in [1.82, 2.24) is 0 Å². The Balaban J connectivity index is 2.03. The van der Waals surface area contributed by atoms with E-state index >= 15 is 0 Å². The summed E-state index contributed by atoms with van der Waals surface area (Å²) in [7, 11) is 0. The average molecular weight is 209 g/mol. The molecule has 2 N–H and O–H groups in total. The average Bonchev–Trinajstić information content (AvgIpc) is 2.24. The number of hydrogen-bond acceptors (Lipinski definition) is 3. The van der Waals surface area contributed by atoms with Gasteiger partial charge in [0.15, 0.2) is 0 Å². The highest BCUT2D eigenvalue weighted by atomic mass is 19.1. The molecule has 2 bridgehead atoms. The maximum absolute atomic E-state index is 13.1. The summed E-state index contributed by atoms with van der Waals surface area (Å²) >= 11 is 0. The lowest BCUT2D eigenvalue weighted by atomic mass is 9.90. The Morgan fingerprint density at radius 2 is 2.33 bits per heavy atom. The monoisotopic (exact) mass is 209 g/mol. The molecule has 0 aromatic heterocycles. The molecule has 3 atom stereocenters. The van der Waals surface area contributed by atoms with Crippen LogP contribution in [-0.2, 0) is 4.74 Å². The van der Waals surface area contributed by atoms with E-state index in [1.807, 2.05) is 0 Å². The number of aliphatic hydroxyl groups is 1. The Bertz CT molecular complexity index is 396. The van der Waals surface area contributed by atoms with Gasteiger partial charge in [0.2, 0.25) is 0 Å². The second kappa shape index (κ2) is 3.18. The molecule has 0 unspecified atom stereocenters. The Morgan fingerprint density at radius 1 is 1.47 bits per heavy atom. The van der Waals surface area contributed by atoms with E-state index in [0.29, 0.717) is 13.0 Å². The van der Waals surface area contributed by atoms with Crippen molar-refractivity contribution in [2.45, 2.75) is 24.7 Å². The van der Waals surface area contributed by atoms with E-state index < -0.39 is 6.10 Å². The first-order chi connectivity index (χ1) is 7.24. The van der Waals surface area contributed by atoms with Gasteiger partial charge in [-0.05, 0) is 18.2 Å². The molecule has 0 saturated carbocycles. The maximum Gasteiger partial charge on any atom is 0.123 e. The highest BCUT2D eigenvalue weighted by Gasteiger charge is 2.36. The van der Waals surface area contributed by atoms with Crippen LogP contribution in [0.4, 0.5) is 10.1 Å². The van der Waals surface area contributed by atoms with Crippen LogP contribution in [0.5, 0.6) is 0 Å². The number of benzene rings is 1. The van der Waals surface area contributed by atoms with E-state index in [-0.39, 0.29) is 18.0 Å². The number of halogens is 1. The molecular formula is C11H12FNO2. The van der Waals surface area contributed by atoms with Crippen molar-refractivity contribution in [3.63, 3.8) is 0 Å². The topological polar surface area (TPSA) is 41.5 Å². The van der Waals surface area contributed by atoms with E-state index in [4.69, 9.17) is 4.74 Å². The molecule has 2 aliphatic heterocycles. The number of nitrogens with one attached hydrogen (secondary N) is 1. The number of hydrogen-bond donors (Lipinski definition) is 2. The number of anilines is 1. The molecule has 15 heavy (non-hydrogen) atoms. The first-order valence-corrected chi connectivity index (χ1v) is 5.10. The van der Waals surface area contributed by atoms with Crippen LogP contribution in [0, 0.1) is 5.82 Å². The molecular weight excluding hydrogens is 197 g/mol. The maximum atomic E-state index is 13.1. The fourth-order valence-corrected chi connectivity index (χ4v) is 2.29. The van der Waals surface area contributed by atoms with Crippen LogP contribution in [-0.4, -0.2) is 23.9 Å². The van der Waals surface area contributed by atoms with Gasteiger partial charge in [0.25, 0.3) is 0 Å². The van der Waals surface area contributed by atoms with Gasteiger partial charge in [-0.2, -0.15) is 0 Å². The molecule has 0 aliphatic carbocycles. The molecule has 1 aromatic rings. The lowest BCUT2D eigenvalue weighted by Crippen LogP contribution is -2.45. The van der Waals surface area contributed by atoms with Crippen molar-refractivity contribution < 1.29 is 14.2 Å². The molecule has 0 radical (unpaired) electrons. The zero-order valence-electron chi connectivity index (χ0n) is 8.11. The van der Waals surface area contributed by atoms with Gasteiger partial charge in [-0.1, -0.05) is 0 Å². The van der Waals surface area contributed by atoms with Crippen molar-refractivity contribution in [3.8, 4) is 0 Å². The van der Waals surface area contributed by atoms with Gasteiger partial charge in [-0.15, -0.1) is 0 Å². The minimum absolute atomic E-state index is 0.0294. The van der Waals surface area contributed by atoms with Crippen LogP contribution in [0.1, 0.15) is 18.1 Å². The predicted octanol–water partition coefficient (Wildman–Crippen LogP) is 1.44. The van der Waals surface area contributed by atoms with Crippen molar-refractivity contribution >= 4 is 5.69 Å². The van der Waals surface area contributed by atoms with Crippen LogP contribution in [0.15, 0.2) is 18.2 Å². The Hall–Kier alpha value is -1.13. The molecule has 0 amide bonds. The molecule has 80 valence electrons. The molecule has 2 aliphatic rings. The summed E-state index contributed by atoms with van der Waals surface area (Å²) in [4.78, 5) is 0. The minimum Gasteiger partial charge on any atom is -0.389 e. The highest BCUT2D eigenvalue weighted by Crippen LogP contribution is 2.39. The Labute approximate surface area is 86.9 Å². The van der Waals surface area contributed by atoms with Gasteiger partial charge in [-0.3, -0.25) is 0 Å². The van der Waals surface area contributed by atoms with E-state index in [1.165, 1.54) is 12.1 Å². The van der Waals surface area contributed by atoms with Crippen molar-refractivity contribution in [3.05, 3.63) is 29.6 Å². The standard InChI is InChI=1S/C11H12FNO2/c12-6-1-2-8-7(3-6)11-4-9(13-8)10(14)5-15-11/h1-3,9-11,13-14H,4-5H2/t9-,10-,11-/m1/s1. The number of aliphatic hydroxyl groups excluding tert-OH is 1. The van der Waals surface area contributed by atoms with Gasteiger partial charge in [0, 0.05) is 17.7 Å². The first kappa shape index (κ1) is 9.12. The first-order valence-electron chi connectivity index (χ1n) is 5.10. The second-order valence-electron chi connectivity index (χ2n) is 4.11. The van der Waals surface area contributed by atoms with Crippen molar-refractivity contribution in [2.75, 3.05) is 11.9 Å². The fourth-order valence-electron chi connectivity index (χ4n) is 2.29. The highest BCUT2D eigenvalue weighted by molar-refractivity contribution is 5.55. The largest absolute Gasteiger partial charge is 0.389 e. The second-order valence-corrected chi connectivity index (χ2v) is 4.11. The number of ether oxygens (including phenoxy) is 1. The van der Waals surface area contributed by atoms with E-state index in [2.05, 4.69) is 5.32 Å². The van der Waals surface area contributed by atoms with Crippen LogP contribution < -0.4 is 5.32 Å². The summed E-state index contributed by atoms with van der Waals surface area (Å²) in [5, 5.41) is 12.8. The predicted molar refractivity (Wildman–Crippen MR) is 53.1 cm³/mol. The van der Waals surface area contributed by atoms with E-state index in [0.717, 1.165) is 11.3 Å². The summed E-state index contributed by atoms with van der Waals surface area (Å²) in [6.45, 7) is 0.318. The third kappa shape index (κ3) is 1.41. The summed E-state index contributed by atoms with van der Waals surface area (Å²) in [6.07, 6.45) is 0.155. The molecule has 1 fully saturated rings. The fraction of sp³-hybridized carbons (Fsp3) is 0.455. The van der Waals surface area contributed by atoms with Gasteiger partial charge >= 0.3 is 0 Å². The molecule has 2 heterocycles. The quantitative estimate of drug-likeness (QED) is 0.679. The lowest BCUT2D eigenvalue weighted by molar-refractivity contribution is -0.0673. The summed E-state index contributed by atoms with van der Waals surface area (Å²) < 4.78 is 18.5. The van der Waals surface area contributed by atoms with Crippen molar-refractivity contribution in [2.24, 2.45) is 0 Å². The van der Waals surface area contributed by atoms with Gasteiger partial charge in [-0.25, -0.2) is 4.39 Å². The SMILES string of the molecule is O[C@@H]1CO[C@@H]2C[C@H]1Nc1ccc(F)cc12. The Kier molecular flexibility index (Phi) is 1.94. The summed E-state index contributed by atoms with van der Waals surface area (Å²) in [5.74, 6) is -0.247. The molecule has 3 rings (SSSR count). The van der Waals surface area contributed by atoms with E-state index in [9.17, 15) is 9.50 Å². The zero-order chi connectivity index (χ0) is 10.4. The lowest BCUT2D eigenvalue weighted by Gasteiger charge is -2.40. The number of fused-ring (bicyclic) bond motifs is 4. The van der Waals surface area contributed by atoms with Crippen LogP contribution >= 0.6 is 0 Å². The molecule has 1 aromatic carbocycles. The summed E-state index contributed by atoms with van der Waals surface area (Å²) in [5.41, 5.74) is 1.73. The third-order valence-corrected chi connectivity index (χ3v) is 3.10. The van der Waals surface area contributed by atoms with Gasteiger partial charge in [0.1, 0.15) is 5.82 Å². The van der Waals surface area contributed by atoms with Crippen molar-refractivity contribution in [1.29, 1.82) is 0 Å². The molecule has 1 saturated heterocycles. The zero-order valence-corrected chi connectivity index (χ0v) is 8.11. The van der Waals surface area contributed by atoms with E-state index in [1.54, 1.807) is 6.07 Å². The van der Waals surface area contributed by atoms with Gasteiger partial charge < -0.3 is 15.2 Å². The minimum atomic E-state index is -0.473. The van der Waals surface area contributed by atoms with Crippen LogP contribution in [0.25, 0.3) is 0 Å².